The number of carbonyl (C=O) groups is 1. The van der Waals surface area contributed by atoms with Gasteiger partial charge in [-0.3, -0.25) is 9.69 Å². The monoisotopic (exact) mass is 253 g/mol. The van der Waals surface area contributed by atoms with Crippen LogP contribution in [0, 0.1) is 0 Å². The van der Waals surface area contributed by atoms with Crippen LogP contribution in [0.5, 0.6) is 0 Å². The lowest BCUT2D eigenvalue weighted by molar-refractivity contribution is -0.123. The lowest BCUT2D eigenvalue weighted by Crippen LogP contribution is -2.50. The summed E-state index contributed by atoms with van der Waals surface area (Å²) in [5.41, 5.74) is 0. The summed E-state index contributed by atoms with van der Waals surface area (Å²) >= 11 is 0. The summed E-state index contributed by atoms with van der Waals surface area (Å²) in [4.78, 5) is 14.5. The fraction of sp³-hybridized carbons (Fsp3) is 0.929. The molecule has 2 unspecified atom stereocenters. The van der Waals surface area contributed by atoms with E-state index < -0.39 is 0 Å². The van der Waals surface area contributed by atoms with E-state index in [0.29, 0.717) is 6.04 Å². The van der Waals surface area contributed by atoms with Gasteiger partial charge in [-0.15, -0.1) is 0 Å². The van der Waals surface area contributed by atoms with Gasteiger partial charge in [0.25, 0.3) is 0 Å². The van der Waals surface area contributed by atoms with Gasteiger partial charge in [-0.1, -0.05) is 12.8 Å². The van der Waals surface area contributed by atoms with Gasteiger partial charge in [-0.2, -0.15) is 0 Å². The normalized spacial score (nSPS) is 27.7. The lowest BCUT2D eigenvalue weighted by atomic mass is 10.0. The Morgan fingerprint density at radius 3 is 2.72 bits per heavy atom. The van der Waals surface area contributed by atoms with E-state index in [1.165, 1.54) is 45.2 Å². The molecule has 2 atom stereocenters. The van der Waals surface area contributed by atoms with Crippen LogP contribution < -0.4 is 10.6 Å². The lowest BCUT2D eigenvalue weighted by Gasteiger charge is -2.33. The number of rotatable bonds is 4. The van der Waals surface area contributed by atoms with E-state index in [4.69, 9.17) is 0 Å². The maximum Gasteiger partial charge on any atom is 0.237 e. The van der Waals surface area contributed by atoms with Crippen molar-refractivity contribution in [1.29, 1.82) is 0 Å². The molecule has 2 saturated heterocycles. The highest BCUT2D eigenvalue weighted by molar-refractivity contribution is 5.81. The summed E-state index contributed by atoms with van der Waals surface area (Å²) in [7, 11) is 0. The first-order valence-corrected chi connectivity index (χ1v) is 7.52. The van der Waals surface area contributed by atoms with Crippen LogP contribution in [0.1, 0.15) is 45.4 Å². The van der Waals surface area contributed by atoms with Crippen LogP contribution in [0.4, 0.5) is 0 Å². The van der Waals surface area contributed by atoms with Crippen molar-refractivity contribution < 1.29 is 4.79 Å². The molecule has 4 heteroatoms. The summed E-state index contributed by atoms with van der Waals surface area (Å²) in [6.45, 7) is 6.38. The molecule has 4 nitrogen and oxygen atoms in total. The summed E-state index contributed by atoms with van der Waals surface area (Å²) in [6.07, 6.45) is 7.34. The third-order valence-corrected chi connectivity index (χ3v) is 4.21. The predicted octanol–water partition coefficient (Wildman–Crippen LogP) is 1.12. The quantitative estimate of drug-likeness (QED) is 0.789. The van der Waals surface area contributed by atoms with E-state index in [0.717, 1.165) is 19.5 Å². The molecule has 2 fully saturated rings. The van der Waals surface area contributed by atoms with E-state index >= 15 is 0 Å². The highest BCUT2D eigenvalue weighted by atomic mass is 16.2. The van der Waals surface area contributed by atoms with Crippen LogP contribution >= 0.6 is 0 Å². The standard InChI is InChI=1S/C14H27N3O/c1-12(17-9-5-2-6-10-17)11-16-14(18)13-7-3-4-8-15-13/h12-13,15H,2-11H2,1H3,(H,16,18). The molecule has 0 saturated carbocycles. The van der Waals surface area contributed by atoms with Gasteiger partial charge in [0.15, 0.2) is 0 Å². The number of hydrogen-bond acceptors (Lipinski definition) is 3. The zero-order valence-corrected chi connectivity index (χ0v) is 11.6. The molecule has 2 heterocycles. The van der Waals surface area contributed by atoms with E-state index in [1.807, 2.05) is 0 Å². The zero-order valence-electron chi connectivity index (χ0n) is 11.6. The molecule has 0 bridgehead atoms. The first-order valence-electron chi connectivity index (χ1n) is 7.52. The van der Waals surface area contributed by atoms with Crippen molar-refractivity contribution in [1.82, 2.24) is 15.5 Å². The summed E-state index contributed by atoms with van der Waals surface area (Å²) in [5.74, 6) is 0.193. The Bertz CT molecular complexity index is 258. The van der Waals surface area contributed by atoms with Crippen molar-refractivity contribution >= 4 is 5.91 Å². The fourth-order valence-corrected chi connectivity index (χ4v) is 2.94. The van der Waals surface area contributed by atoms with Crippen LogP contribution in [0.15, 0.2) is 0 Å². The molecule has 2 N–H and O–H groups in total. The van der Waals surface area contributed by atoms with E-state index in [2.05, 4.69) is 22.5 Å². The molecule has 0 aromatic heterocycles. The van der Waals surface area contributed by atoms with Crippen molar-refractivity contribution in [3.8, 4) is 0 Å². The number of carbonyl (C=O) groups excluding carboxylic acids is 1. The zero-order chi connectivity index (χ0) is 12.8. The van der Waals surface area contributed by atoms with Crippen LogP contribution in [0.2, 0.25) is 0 Å². The molecular formula is C14H27N3O. The Hall–Kier alpha value is -0.610. The number of hydrogen-bond donors (Lipinski definition) is 2. The molecule has 0 spiro atoms. The van der Waals surface area contributed by atoms with Crippen molar-refractivity contribution in [2.24, 2.45) is 0 Å². The first-order chi connectivity index (χ1) is 8.77. The second kappa shape index (κ2) is 7.10. The van der Waals surface area contributed by atoms with Crippen LogP contribution in [-0.2, 0) is 4.79 Å². The van der Waals surface area contributed by atoms with Crippen LogP contribution in [-0.4, -0.2) is 49.1 Å². The number of nitrogens with zero attached hydrogens (tertiary/aromatic N) is 1. The maximum absolute atomic E-state index is 12.0. The molecule has 104 valence electrons. The number of piperidine rings is 2. The van der Waals surface area contributed by atoms with Gasteiger partial charge in [0.2, 0.25) is 5.91 Å². The van der Waals surface area contributed by atoms with Gasteiger partial charge in [0.05, 0.1) is 6.04 Å². The minimum absolute atomic E-state index is 0.0484. The van der Waals surface area contributed by atoms with E-state index in [9.17, 15) is 4.79 Å². The second-order valence-corrected chi connectivity index (χ2v) is 5.69. The Labute approximate surface area is 110 Å². The molecule has 2 aliphatic rings. The average molecular weight is 253 g/mol. The molecule has 0 aliphatic carbocycles. The second-order valence-electron chi connectivity index (χ2n) is 5.69. The van der Waals surface area contributed by atoms with Crippen molar-refractivity contribution in [3.63, 3.8) is 0 Å². The van der Waals surface area contributed by atoms with Crippen molar-refractivity contribution in [2.75, 3.05) is 26.2 Å². The average Bonchev–Trinajstić information content (AvgIpc) is 2.46. The molecule has 0 aromatic carbocycles. The van der Waals surface area contributed by atoms with Crippen molar-refractivity contribution in [2.45, 2.75) is 57.5 Å². The third kappa shape index (κ3) is 3.95. The van der Waals surface area contributed by atoms with Gasteiger partial charge in [0.1, 0.15) is 0 Å². The van der Waals surface area contributed by atoms with Crippen LogP contribution in [0.25, 0.3) is 0 Å². The Balaban J connectivity index is 1.67. The van der Waals surface area contributed by atoms with Gasteiger partial charge >= 0.3 is 0 Å². The molecular weight excluding hydrogens is 226 g/mol. The Kier molecular flexibility index (Phi) is 5.45. The molecule has 0 aromatic rings. The smallest absolute Gasteiger partial charge is 0.237 e. The summed E-state index contributed by atoms with van der Waals surface area (Å²) in [6, 6.07) is 0.519. The third-order valence-electron chi connectivity index (χ3n) is 4.21. The fourth-order valence-electron chi connectivity index (χ4n) is 2.94. The molecule has 18 heavy (non-hydrogen) atoms. The SMILES string of the molecule is CC(CNC(=O)C1CCCCN1)N1CCCCC1. The summed E-state index contributed by atoms with van der Waals surface area (Å²) in [5, 5.41) is 6.40. The van der Waals surface area contributed by atoms with Gasteiger partial charge in [-0.05, 0) is 52.2 Å². The number of likely N-dealkylation sites (tertiary alicyclic amines) is 1. The van der Waals surface area contributed by atoms with Gasteiger partial charge in [-0.25, -0.2) is 0 Å². The minimum Gasteiger partial charge on any atom is -0.353 e. The Morgan fingerprint density at radius 1 is 1.28 bits per heavy atom. The molecule has 1 amide bonds. The van der Waals surface area contributed by atoms with Gasteiger partial charge < -0.3 is 10.6 Å². The molecule has 2 aliphatic heterocycles. The van der Waals surface area contributed by atoms with Crippen molar-refractivity contribution in [3.05, 3.63) is 0 Å². The number of nitrogens with one attached hydrogen (secondary N) is 2. The highest BCUT2D eigenvalue weighted by Gasteiger charge is 2.22. The van der Waals surface area contributed by atoms with Gasteiger partial charge in [0, 0.05) is 12.6 Å². The Morgan fingerprint density at radius 2 is 2.06 bits per heavy atom. The molecule has 0 radical (unpaired) electrons. The minimum atomic E-state index is 0.0484. The largest absolute Gasteiger partial charge is 0.353 e. The van der Waals surface area contributed by atoms with E-state index in [1.54, 1.807) is 0 Å². The maximum atomic E-state index is 12.0. The predicted molar refractivity (Wildman–Crippen MR) is 73.5 cm³/mol. The molecule has 2 rings (SSSR count). The highest BCUT2D eigenvalue weighted by Crippen LogP contribution is 2.12. The number of amides is 1. The topological polar surface area (TPSA) is 44.4 Å². The van der Waals surface area contributed by atoms with E-state index in [-0.39, 0.29) is 11.9 Å². The first kappa shape index (κ1) is 13.8. The van der Waals surface area contributed by atoms with Crippen LogP contribution in [0.3, 0.4) is 0 Å². The summed E-state index contributed by atoms with van der Waals surface area (Å²) < 4.78 is 0.